The van der Waals surface area contributed by atoms with Gasteiger partial charge in [-0.25, -0.2) is 10.2 Å². The molecule has 0 aliphatic rings. The minimum absolute atomic E-state index is 0.290. The average Bonchev–Trinajstić information content (AvgIpc) is 3.01. The predicted molar refractivity (Wildman–Crippen MR) is 120 cm³/mol. The fourth-order valence-corrected chi connectivity index (χ4v) is 3.61. The van der Waals surface area contributed by atoms with Crippen molar-refractivity contribution in [2.45, 2.75) is 20.8 Å². The normalized spacial score (nSPS) is 10.9. The predicted octanol–water partition coefficient (Wildman–Crippen LogP) is 4.80. The van der Waals surface area contributed by atoms with Crippen molar-refractivity contribution in [2.75, 3.05) is 6.61 Å². The second-order valence-corrected chi connectivity index (χ2v) is 7.46. The van der Waals surface area contributed by atoms with E-state index in [1.807, 2.05) is 38.1 Å². The minimum Gasteiger partial charge on any atom is -0.462 e. The summed E-state index contributed by atoms with van der Waals surface area (Å²) in [4.78, 5) is 24.1. The zero-order valence-electron chi connectivity index (χ0n) is 17.0. The maximum absolute atomic E-state index is 12.3. The summed E-state index contributed by atoms with van der Waals surface area (Å²) in [5.74, 6) is -0.624. The highest BCUT2D eigenvalue weighted by Crippen LogP contribution is 2.21. The lowest BCUT2D eigenvalue weighted by Gasteiger charge is -2.10. The molecule has 6 nitrogen and oxygen atoms in total. The molecule has 3 aromatic rings. The molecule has 0 fully saturated rings. The van der Waals surface area contributed by atoms with Crippen molar-refractivity contribution in [1.29, 1.82) is 0 Å². The molecule has 3 rings (SSSR count). The van der Waals surface area contributed by atoms with Crippen LogP contribution in [0.3, 0.4) is 0 Å². The molecule has 0 saturated carbocycles. The van der Waals surface area contributed by atoms with Gasteiger partial charge in [-0.2, -0.15) is 5.10 Å². The third kappa shape index (κ3) is 4.68. The molecule has 0 spiro atoms. The fraction of sp³-hybridized carbons (Fsp3) is 0.174. The summed E-state index contributed by atoms with van der Waals surface area (Å²) in [6.07, 6.45) is 1.63. The number of amides is 1. The second-order valence-electron chi connectivity index (χ2n) is 6.61. The summed E-state index contributed by atoms with van der Waals surface area (Å²) in [5.41, 5.74) is 7.37. The van der Waals surface area contributed by atoms with Crippen molar-refractivity contribution >= 4 is 34.0 Å². The van der Waals surface area contributed by atoms with Gasteiger partial charge in [0.05, 0.1) is 23.9 Å². The van der Waals surface area contributed by atoms with Gasteiger partial charge in [0.1, 0.15) is 0 Å². The monoisotopic (exact) mass is 467 g/mol. The maximum atomic E-state index is 12.3. The first-order valence-corrected chi connectivity index (χ1v) is 10.3. The van der Waals surface area contributed by atoms with Gasteiger partial charge in [0.25, 0.3) is 5.91 Å². The molecule has 0 unspecified atom stereocenters. The third-order valence-electron chi connectivity index (χ3n) is 4.60. The Morgan fingerprint density at radius 1 is 1.13 bits per heavy atom. The number of hydrogen-bond acceptors (Lipinski definition) is 4. The van der Waals surface area contributed by atoms with Gasteiger partial charge < -0.3 is 9.30 Å². The van der Waals surface area contributed by atoms with Crippen LogP contribution in [0.25, 0.3) is 5.69 Å². The summed E-state index contributed by atoms with van der Waals surface area (Å²) < 4.78 is 7.80. The van der Waals surface area contributed by atoms with E-state index in [4.69, 9.17) is 4.74 Å². The lowest BCUT2D eigenvalue weighted by molar-refractivity contribution is 0.0526. The fourth-order valence-electron chi connectivity index (χ4n) is 3.14. The largest absolute Gasteiger partial charge is 0.462 e. The summed E-state index contributed by atoms with van der Waals surface area (Å²) in [7, 11) is 0. The Hall–Kier alpha value is -3.19. The Balaban J connectivity index is 1.77. The van der Waals surface area contributed by atoms with Gasteiger partial charge in [-0.1, -0.05) is 12.1 Å². The Kier molecular flexibility index (Phi) is 6.84. The van der Waals surface area contributed by atoms with Crippen LogP contribution in [0.15, 0.2) is 64.2 Å². The third-order valence-corrected chi connectivity index (χ3v) is 5.29. The van der Waals surface area contributed by atoms with Crippen LogP contribution < -0.4 is 5.43 Å². The molecule has 7 heteroatoms. The smallest absolute Gasteiger partial charge is 0.338 e. The van der Waals surface area contributed by atoms with Crippen molar-refractivity contribution in [3.63, 3.8) is 0 Å². The van der Waals surface area contributed by atoms with E-state index in [9.17, 15) is 9.59 Å². The second kappa shape index (κ2) is 9.54. The van der Waals surface area contributed by atoms with E-state index in [0.29, 0.717) is 22.2 Å². The molecule has 1 N–H and O–H groups in total. The van der Waals surface area contributed by atoms with Gasteiger partial charge in [0, 0.05) is 27.1 Å². The first-order chi connectivity index (χ1) is 14.4. The van der Waals surface area contributed by atoms with E-state index in [1.54, 1.807) is 43.5 Å². The number of ether oxygens (including phenoxy) is 1. The van der Waals surface area contributed by atoms with Gasteiger partial charge in [0.2, 0.25) is 0 Å². The number of carbonyl (C=O) groups is 2. The highest BCUT2D eigenvalue weighted by molar-refractivity contribution is 9.10. The number of hydrogen-bond donors (Lipinski definition) is 1. The first-order valence-electron chi connectivity index (χ1n) is 9.46. The minimum atomic E-state index is -0.335. The number of nitrogens with one attached hydrogen (secondary N) is 1. The molecule has 0 bridgehead atoms. The molecule has 30 heavy (non-hydrogen) atoms. The molecule has 0 aliphatic heterocycles. The number of nitrogens with zero attached hydrogens (tertiary/aromatic N) is 2. The lowest BCUT2D eigenvalue weighted by atomic mass is 10.2. The number of carbonyl (C=O) groups excluding carboxylic acids is 2. The quantitative estimate of drug-likeness (QED) is 0.321. The van der Waals surface area contributed by atoms with Gasteiger partial charge in [-0.05, 0) is 79.2 Å². The van der Waals surface area contributed by atoms with Gasteiger partial charge in [-0.15, -0.1) is 0 Å². The summed E-state index contributed by atoms with van der Waals surface area (Å²) >= 11 is 3.36. The molecule has 1 amide bonds. The average molecular weight is 468 g/mol. The molecule has 0 radical (unpaired) electrons. The van der Waals surface area contributed by atoms with Crippen LogP contribution in [-0.2, 0) is 4.74 Å². The van der Waals surface area contributed by atoms with Crippen LogP contribution in [-0.4, -0.2) is 29.3 Å². The number of hydrazone groups is 1. The van der Waals surface area contributed by atoms with Crippen LogP contribution in [0.4, 0.5) is 0 Å². The molecule has 0 aliphatic carbocycles. The van der Waals surface area contributed by atoms with Crippen LogP contribution >= 0.6 is 15.9 Å². The van der Waals surface area contributed by atoms with Gasteiger partial charge in [0.15, 0.2) is 0 Å². The molecule has 0 atom stereocenters. The van der Waals surface area contributed by atoms with Crippen molar-refractivity contribution < 1.29 is 14.3 Å². The zero-order chi connectivity index (χ0) is 21.7. The molecule has 1 heterocycles. The molecule has 1 aromatic heterocycles. The van der Waals surface area contributed by atoms with Crippen LogP contribution in [0.5, 0.6) is 0 Å². The standard InChI is InChI=1S/C23H22BrN3O3/c1-4-30-23(29)17-9-11-19(12-10-17)27-15(2)13-18(16(27)3)14-25-26-22(28)20-7-5-6-8-21(20)24/h5-14H,4H2,1-3H3,(H,26,28)/b25-14-. The van der Waals surface area contributed by atoms with Crippen LogP contribution in [0.1, 0.15) is 44.6 Å². The SMILES string of the molecule is CCOC(=O)c1ccc(-n2c(C)cc(/C=N\NC(=O)c3ccccc3Br)c2C)cc1. The topological polar surface area (TPSA) is 72.7 Å². The van der Waals surface area contributed by atoms with E-state index in [-0.39, 0.29) is 11.9 Å². The van der Waals surface area contributed by atoms with Gasteiger partial charge in [-0.3, -0.25) is 4.79 Å². The van der Waals surface area contributed by atoms with E-state index in [1.165, 1.54) is 0 Å². The molecular weight excluding hydrogens is 446 g/mol. The van der Waals surface area contributed by atoms with Crippen molar-refractivity contribution in [3.05, 3.63) is 87.1 Å². The maximum Gasteiger partial charge on any atom is 0.338 e. The lowest BCUT2D eigenvalue weighted by Crippen LogP contribution is -2.18. The van der Waals surface area contributed by atoms with E-state index < -0.39 is 0 Å². The Morgan fingerprint density at radius 2 is 1.83 bits per heavy atom. The Morgan fingerprint density at radius 3 is 2.50 bits per heavy atom. The summed E-state index contributed by atoms with van der Waals surface area (Å²) in [6, 6.07) is 16.4. The van der Waals surface area contributed by atoms with Crippen LogP contribution in [0, 0.1) is 13.8 Å². The molecular formula is C23H22BrN3O3. The van der Waals surface area contributed by atoms with Crippen LogP contribution in [0.2, 0.25) is 0 Å². The number of benzene rings is 2. The summed E-state index contributed by atoms with van der Waals surface area (Å²) in [5, 5.41) is 4.11. The Bertz CT molecular complexity index is 1100. The number of rotatable bonds is 6. The number of halogens is 1. The van der Waals surface area contributed by atoms with E-state index in [2.05, 4.69) is 31.0 Å². The Labute approximate surface area is 183 Å². The van der Waals surface area contributed by atoms with Crippen molar-refractivity contribution in [1.82, 2.24) is 9.99 Å². The number of aromatic nitrogens is 1. The van der Waals surface area contributed by atoms with Crippen molar-refractivity contribution in [2.24, 2.45) is 5.10 Å². The highest BCUT2D eigenvalue weighted by Gasteiger charge is 2.12. The summed E-state index contributed by atoms with van der Waals surface area (Å²) in [6.45, 7) is 6.09. The van der Waals surface area contributed by atoms with Crippen molar-refractivity contribution in [3.8, 4) is 5.69 Å². The highest BCUT2D eigenvalue weighted by atomic mass is 79.9. The number of esters is 1. The molecule has 0 saturated heterocycles. The molecule has 2 aromatic carbocycles. The van der Waals surface area contributed by atoms with Gasteiger partial charge >= 0.3 is 5.97 Å². The van der Waals surface area contributed by atoms with E-state index in [0.717, 1.165) is 22.6 Å². The van der Waals surface area contributed by atoms with E-state index >= 15 is 0 Å². The number of aryl methyl sites for hydroxylation is 1. The molecule has 154 valence electrons. The first kappa shape index (κ1) is 21.5. The zero-order valence-corrected chi connectivity index (χ0v) is 18.6.